The van der Waals surface area contributed by atoms with E-state index in [0.29, 0.717) is 12.1 Å². The van der Waals surface area contributed by atoms with E-state index in [2.05, 4.69) is 36.2 Å². The molecule has 1 atom stereocenters. The Hall–Kier alpha value is -0.570. The first kappa shape index (κ1) is 13.9. The van der Waals surface area contributed by atoms with E-state index in [1.165, 1.54) is 38.0 Å². The molecule has 3 heteroatoms. The zero-order chi connectivity index (χ0) is 13.0. The summed E-state index contributed by atoms with van der Waals surface area (Å²) in [5.74, 6) is 0. The SMILES string of the molecule is CCN1CCC(N[C@@H](C)c2ccccc2Cl)CC1. The van der Waals surface area contributed by atoms with Crippen molar-refractivity contribution in [2.75, 3.05) is 19.6 Å². The summed E-state index contributed by atoms with van der Waals surface area (Å²) in [7, 11) is 0. The Morgan fingerprint density at radius 2 is 2.00 bits per heavy atom. The van der Waals surface area contributed by atoms with Crippen molar-refractivity contribution in [3.05, 3.63) is 34.9 Å². The zero-order valence-electron chi connectivity index (χ0n) is 11.3. The number of likely N-dealkylation sites (tertiary alicyclic amines) is 1. The van der Waals surface area contributed by atoms with Gasteiger partial charge in [0.15, 0.2) is 0 Å². The molecule has 0 spiro atoms. The molecule has 18 heavy (non-hydrogen) atoms. The zero-order valence-corrected chi connectivity index (χ0v) is 12.1. The van der Waals surface area contributed by atoms with Crippen LogP contribution in [0.1, 0.15) is 38.3 Å². The monoisotopic (exact) mass is 266 g/mol. The van der Waals surface area contributed by atoms with Gasteiger partial charge < -0.3 is 10.2 Å². The molecule has 1 N–H and O–H groups in total. The fourth-order valence-corrected chi connectivity index (χ4v) is 2.98. The Labute approximate surface area is 115 Å². The second kappa shape index (κ2) is 6.55. The van der Waals surface area contributed by atoms with Gasteiger partial charge in [0.05, 0.1) is 0 Å². The van der Waals surface area contributed by atoms with Crippen molar-refractivity contribution < 1.29 is 0 Å². The second-order valence-corrected chi connectivity index (χ2v) is 5.53. The van der Waals surface area contributed by atoms with E-state index in [-0.39, 0.29) is 0 Å². The predicted octanol–water partition coefficient (Wildman–Crippen LogP) is 3.47. The summed E-state index contributed by atoms with van der Waals surface area (Å²) in [6.45, 7) is 8.03. The molecule has 1 aromatic rings. The van der Waals surface area contributed by atoms with Crippen LogP contribution in [0.2, 0.25) is 5.02 Å². The van der Waals surface area contributed by atoms with Gasteiger partial charge in [0, 0.05) is 17.1 Å². The van der Waals surface area contributed by atoms with Gasteiger partial charge in [-0.2, -0.15) is 0 Å². The Balaban J connectivity index is 1.89. The van der Waals surface area contributed by atoms with Crippen LogP contribution in [0.15, 0.2) is 24.3 Å². The normalized spacial score (nSPS) is 19.9. The first-order valence-electron chi connectivity index (χ1n) is 6.93. The molecule has 2 nitrogen and oxygen atoms in total. The molecule has 2 rings (SSSR count). The molecule has 0 aliphatic carbocycles. The highest BCUT2D eigenvalue weighted by Gasteiger charge is 2.20. The molecule has 0 aromatic heterocycles. The second-order valence-electron chi connectivity index (χ2n) is 5.12. The molecule has 0 unspecified atom stereocenters. The Bertz CT molecular complexity index is 373. The first-order valence-corrected chi connectivity index (χ1v) is 7.31. The highest BCUT2D eigenvalue weighted by molar-refractivity contribution is 6.31. The molecule has 1 aromatic carbocycles. The van der Waals surface area contributed by atoms with Crippen molar-refractivity contribution in [3.8, 4) is 0 Å². The average molecular weight is 267 g/mol. The van der Waals surface area contributed by atoms with Gasteiger partial charge in [-0.3, -0.25) is 0 Å². The number of nitrogens with zero attached hydrogens (tertiary/aromatic N) is 1. The van der Waals surface area contributed by atoms with Crippen LogP contribution in [-0.2, 0) is 0 Å². The molecule has 0 radical (unpaired) electrons. The minimum atomic E-state index is 0.330. The lowest BCUT2D eigenvalue weighted by atomic mass is 10.0. The van der Waals surface area contributed by atoms with Crippen LogP contribution in [0.3, 0.4) is 0 Å². The molecule has 1 saturated heterocycles. The molecular formula is C15H23ClN2. The first-order chi connectivity index (χ1) is 8.70. The smallest absolute Gasteiger partial charge is 0.0453 e. The number of hydrogen-bond donors (Lipinski definition) is 1. The summed E-state index contributed by atoms with van der Waals surface area (Å²) in [5, 5.41) is 4.57. The number of rotatable bonds is 4. The van der Waals surface area contributed by atoms with Crippen LogP contribution in [0.25, 0.3) is 0 Å². The number of benzene rings is 1. The van der Waals surface area contributed by atoms with Crippen LogP contribution in [0, 0.1) is 0 Å². The van der Waals surface area contributed by atoms with Gasteiger partial charge in [-0.1, -0.05) is 36.7 Å². The Morgan fingerprint density at radius 1 is 1.33 bits per heavy atom. The molecule has 1 heterocycles. The minimum Gasteiger partial charge on any atom is -0.307 e. The van der Waals surface area contributed by atoms with E-state index in [1.54, 1.807) is 0 Å². The number of hydrogen-bond acceptors (Lipinski definition) is 2. The van der Waals surface area contributed by atoms with Crippen LogP contribution >= 0.6 is 11.6 Å². The summed E-state index contributed by atoms with van der Waals surface area (Å²) < 4.78 is 0. The highest BCUT2D eigenvalue weighted by Crippen LogP contribution is 2.23. The standard InChI is InChI=1S/C15H23ClN2/c1-3-18-10-8-13(9-11-18)17-12(2)14-6-4-5-7-15(14)16/h4-7,12-13,17H,3,8-11H2,1-2H3/t12-/m0/s1. The molecule has 100 valence electrons. The summed E-state index contributed by atoms with van der Waals surface area (Å²) >= 11 is 6.23. The summed E-state index contributed by atoms with van der Waals surface area (Å²) in [6.07, 6.45) is 2.48. The van der Waals surface area contributed by atoms with Gasteiger partial charge in [0.1, 0.15) is 0 Å². The topological polar surface area (TPSA) is 15.3 Å². The van der Waals surface area contributed by atoms with Crippen LogP contribution in [0.5, 0.6) is 0 Å². The van der Waals surface area contributed by atoms with Crippen molar-refractivity contribution in [1.29, 1.82) is 0 Å². The van der Waals surface area contributed by atoms with Crippen LogP contribution in [-0.4, -0.2) is 30.6 Å². The fourth-order valence-electron chi connectivity index (χ4n) is 2.69. The van der Waals surface area contributed by atoms with Crippen LogP contribution in [0.4, 0.5) is 0 Å². The largest absolute Gasteiger partial charge is 0.307 e. The van der Waals surface area contributed by atoms with Gasteiger partial charge in [-0.05, 0) is 51.0 Å². The third-order valence-electron chi connectivity index (χ3n) is 3.89. The summed E-state index contributed by atoms with van der Waals surface area (Å²) in [5.41, 5.74) is 1.21. The van der Waals surface area contributed by atoms with Gasteiger partial charge in [0.25, 0.3) is 0 Å². The van der Waals surface area contributed by atoms with Crippen molar-refractivity contribution in [3.63, 3.8) is 0 Å². The maximum atomic E-state index is 6.23. The van der Waals surface area contributed by atoms with E-state index >= 15 is 0 Å². The quantitative estimate of drug-likeness (QED) is 0.898. The van der Waals surface area contributed by atoms with Crippen molar-refractivity contribution in [2.45, 2.75) is 38.8 Å². The fraction of sp³-hybridized carbons (Fsp3) is 0.600. The minimum absolute atomic E-state index is 0.330. The molecule has 0 amide bonds. The van der Waals surface area contributed by atoms with Gasteiger partial charge in [0.2, 0.25) is 0 Å². The van der Waals surface area contributed by atoms with Gasteiger partial charge >= 0.3 is 0 Å². The lowest BCUT2D eigenvalue weighted by molar-refractivity contribution is 0.200. The van der Waals surface area contributed by atoms with E-state index < -0.39 is 0 Å². The van der Waals surface area contributed by atoms with E-state index in [1.807, 2.05) is 12.1 Å². The molecular weight excluding hydrogens is 244 g/mol. The molecule has 0 bridgehead atoms. The third kappa shape index (κ3) is 3.47. The summed E-state index contributed by atoms with van der Waals surface area (Å²) in [4.78, 5) is 2.51. The number of halogens is 1. The lowest BCUT2D eigenvalue weighted by Gasteiger charge is -2.33. The third-order valence-corrected chi connectivity index (χ3v) is 4.24. The average Bonchev–Trinajstić information content (AvgIpc) is 2.40. The maximum Gasteiger partial charge on any atom is 0.0453 e. The predicted molar refractivity (Wildman–Crippen MR) is 78.1 cm³/mol. The molecule has 0 saturated carbocycles. The maximum absolute atomic E-state index is 6.23. The Kier molecular flexibility index (Phi) is 5.04. The molecule has 1 aliphatic heterocycles. The van der Waals surface area contributed by atoms with Gasteiger partial charge in [-0.25, -0.2) is 0 Å². The number of nitrogens with one attached hydrogen (secondary N) is 1. The Morgan fingerprint density at radius 3 is 2.61 bits per heavy atom. The van der Waals surface area contributed by atoms with E-state index in [9.17, 15) is 0 Å². The van der Waals surface area contributed by atoms with E-state index in [0.717, 1.165) is 5.02 Å². The summed E-state index contributed by atoms with van der Waals surface area (Å²) in [6, 6.07) is 9.07. The van der Waals surface area contributed by atoms with E-state index in [4.69, 9.17) is 11.6 Å². The lowest BCUT2D eigenvalue weighted by Crippen LogP contribution is -2.43. The van der Waals surface area contributed by atoms with Crippen molar-refractivity contribution in [2.24, 2.45) is 0 Å². The molecule has 1 aliphatic rings. The van der Waals surface area contributed by atoms with Gasteiger partial charge in [-0.15, -0.1) is 0 Å². The van der Waals surface area contributed by atoms with Crippen LogP contribution < -0.4 is 5.32 Å². The molecule has 1 fully saturated rings. The van der Waals surface area contributed by atoms with Crippen molar-refractivity contribution in [1.82, 2.24) is 10.2 Å². The van der Waals surface area contributed by atoms with Crippen molar-refractivity contribution >= 4 is 11.6 Å². The highest BCUT2D eigenvalue weighted by atomic mass is 35.5. The number of piperidine rings is 1.